The Hall–Kier alpha value is -1.70. The van der Waals surface area contributed by atoms with E-state index in [-0.39, 0.29) is 5.92 Å². The highest BCUT2D eigenvalue weighted by Gasteiger charge is 2.11. The van der Waals surface area contributed by atoms with Gasteiger partial charge in [0.1, 0.15) is 0 Å². The highest BCUT2D eigenvalue weighted by Crippen LogP contribution is 2.21. The predicted octanol–water partition coefficient (Wildman–Crippen LogP) is 3.75. The summed E-state index contributed by atoms with van der Waals surface area (Å²) in [4.78, 5) is 9.37. The first kappa shape index (κ1) is 12.7. The molecule has 0 saturated heterocycles. The zero-order valence-corrected chi connectivity index (χ0v) is 11.4. The second kappa shape index (κ2) is 5.76. The standard InChI is InChI=1S/C16H20N2/c1-4-13-8-6-10-15(17-13)12(3)16-11-7-9-14(5-2)18-16/h6-12H,4-5H2,1-3H3. The molecule has 2 heterocycles. The molecule has 0 spiro atoms. The summed E-state index contributed by atoms with van der Waals surface area (Å²) < 4.78 is 0. The fraction of sp³-hybridized carbons (Fsp3) is 0.375. The van der Waals surface area contributed by atoms with Gasteiger partial charge in [-0.15, -0.1) is 0 Å². The van der Waals surface area contributed by atoms with Gasteiger partial charge < -0.3 is 0 Å². The van der Waals surface area contributed by atoms with Crippen molar-refractivity contribution in [3.05, 3.63) is 59.2 Å². The normalized spacial score (nSPS) is 10.9. The van der Waals surface area contributed by atoms with Gasteiger partial charge in [0, 0.05) is 28.7 Å². The Labute approximate surface area is 109 Å². The summed E-state index contributed by atoms with van der Waals surface area (Å²) in [5.41, 5.74) is 4.50. The van der Waals surface area contributed by atoms with Gasteiger partial charge in [-0.1, -0.05) is 32.9 Å². The van der Waals surface area contributed by atoms with Gasteiger partial charge in [0.25, 0.3) is 0 Å². The van der Waals surface area contributed by atoms with Gasteiger partial charge in [-0.2, -0.15) is 0 Å². The average molecular weight is 240 g/mol. The maximum Gasteiger partial charge on any atom is 0.0494 e. The van der Waals surface area contributed by atoms with E-state index in [4.69, 9.17) is 0 Å². The summed E-state index contributed by atoms with van der Waals surface area (Å²) in [6, 6.07) is 12.5. The lowest BCUT2D eigenvalue weighted by molar-refractivity contribution is 0.804. The summed E-state index contributed by atoms with van der Waals surface area (Å²) in [5, 5.41) is 0. The van der Waals surface area contributed by atoms with Crippen LogP contribution in [-0.4, -0.2) is 9.97 Å². The lowest BCUT2D eigenvalue weighted by Crippen LogP contribution is -2.04. The highest BCUT2D eigenvalue weighted by atomic mass is 14.8. The van der Waals surface area contributed by atoms with Gasteiger partial charge in [0.15, 0.2) is 0 Å². The molecule has 0 aliphatic carbocycles. The first-order chi connectivity index (χ1) is 8.74. The van der Waals surface area contributed by atoms with Crippen molar-refractivity contribution in [1.82, 2.24) is 9.97 Å². The smallest absolute Gasteiger partial charge is 0.0494 e. The van der Waals surface area contributed by atoms with Crippen molar-refractivity contribution in [2.45, 2.75) is 39.5 Å². The molecule has 2 aromatic heterocycles. The largest absolute Gasteiger partial charge is 0.257 e. The van der Waals surface area contributed by atoms with Crippen LogP contribution in [0.15, 0.2) is 36.4 Å². The molecule has 0 radical (unpaired) electrons. The van der Waals surface area contributed by atoms with E-state index in [1.165, 1.54) is 0 Å². The van der Waals surface area contributed by atoms with Crippen LogP contribution < -0.4 is 0 Å². The molecule has 0 aliphatic rings. The summed E-state index contributed by atoms with van der Waals surface area (Å²) in [7, 11) is 0. The van der Waals surface area contributed by atoms with E-state index in [0.717, 1.165) is 35.6 Å². The number of hydrogen-bond donors (Lipinski definition) is 0. The van der Waals surface area contributed by atoms with Crippen molar-refractivity contribution in [2.75, 3.05) is 0 Å². The third kappa shape index (κ3) is 2.76. The molecule has 0 N–H and O–H groups in total. The average Bonchev–Trinajstić information content (AvgIpc) is 2.46. The molecule has 0 aromatic carbocycles. The maximum atomic E-state index is 4.68. The Kier molecular flexibility index (Phi) is 4.08. The minimum absolute atomic E-state index is 0.253. The first-order valence-electron chi connectivity index (χ1n) is 6.66. The summed E-state index contributed by atoms with van der Waals surface area (Å²) in [6.45, 7) is 6.43. The fourth-order valence-electron chi connectivity index (χ4n) is 2.02. The van der Waals surface area contributed by atoms with E-state index >= 15 is 0 Å². The molecule has 2 heteroatoms. The Bertz CT molecular complexity index is 473. The second-order valence-corrected chi connectivity index (χ2v) is 4.54. The number of pyridine rings is 2. The van der Waals surface area contributed by atoms with Crippen LogP contribution in [0.2, 0.25) is 0 Å². The van der Waals surface area contributed by atoms with Gasteiger partial charge in [0.05, 0.1) is 0 Å². The predicted molar refractivity (Wildman–Crippen MR) is 74.7 cm³/mol. The summed E-state index contributed by atoms with van der Waals surface area (Å²) >= 11 is 0. The molecular formula is C16H20N2. The molecule has 0 atom stereocenters. The van der Waals surface area contributed by atoms with Crippen molar-refractivity contribution in [3.8, 4) is 0 Å². The molecule has 94 valence electrons. The van der Waals surface area contributed by atoms with Crippen LogP contribution in [0.3, 0.4) is 0 Å². The van der Waals surface area contributed by atoms with Crippen molar-refractivity contribution in [2.24, 2.45) is 0 Å². The van der Waals surface area contributed by atoms with E-state index in [1.807, 2.05) is 0 Å². The summed E-state index contributed by atoms with van der Waals surface area (Å²) in [6.07, 6.45) is 1.95. The van der Waals surface area contributed by atoms with E-state index in [1.54, 1.807) is 0 Å². The molecule has 0 aliphatic heterocycles. The molecule has 2 nitrogen and oxygen atoms in total. The van der Waals surface area contributed by atoms with E-state index in [9.17, 15) is 0 Å². The summed E-state index contributed by atoms with van der Waals surface area (Å²) in [5.74, 6) is 0.253. The molecule has 0 unspecified atom stereocenters. The van der Waals surface area contributed by atoms with Crippen LogP contribution in [0.4, 0.5) is 0 Å². The number of aromatic nitrogens is 2. The fourth-order valence-corrected chi connectivity index (χ4v) is 2.02. The third-order valence-electron chi connectivity index (χ3n) is 3.27. The Morgan fingerprint density at radius 2 is 1.28 bits per heavy atom. The molecule has 2 rings (SSSR count). The Morgan fingerprint density at radius 1 is 0.833 bits per heavy atom. The zero-order valence-electron chi connectivity index (χ0n) is 11.4. The van der Waals surface area contributed by atoms with E-state index in [0.29, 0.717) is 0 Å². The second-order valence-electron chi connectivity index (χ2n) is 4.54. The van der Waals surface area contributed by atoms with Crippen LogP contribution in [0.5, 0.6) is 0 Å². The topological polar surface area (TPSA) is 25.8 Å². The van der Waals surface area contributed by atoms with E-state index < -0.39 is 0 Å². The monoisotopic (exact) mass is 240 g/mol. The van der Waals surface area contributed by atoms with Gasteiger partial charge in [0.2, 0.25) is 0 Å². The third-order valence-corrected chi connectivity index (χ3v) is 3.27. The molecule has 0 saturated carbocycles. The lowest BCUT2D eigenvalue weighted by Gasteiger charge is -2.12. The Morgan fingerprint density at radius 3 is 1.67 bits per heavy atom. The van der Waals surface area contributed by atoms with Crippen LogP contribution in [-0.2, 0) is 12.8 Å². The van der Waals surface area contributed by atoms with Crippen LogP contribution in [0.25, 0.3) is 0 Å². The number of rotatable bonds is 4. The van der Waals surface area contributed by atoms with Gasteiger partial charge in [-0.05, 0) is 37.1 Å². The number of nitrogens with zero attached hydrogens (tertiary/aromatic N) is 2. The first-order valence-corrected chi connectivity index (χ1v) is 6.66. The molecule has 0 fully saturated rings. The molecule has 0 bridgehead atoms. The SMILES string of the molecule is CCc1cccc(C(C)c2cccc(CC)n2)n1. The lowest BCUT2D eigenvalue weighted by atomic mass is 10.0. The highest BCUT2D eigenvalue weighted by molar-refractivity contribution is 5.24. The molecular weight excluding hydrogens is 220 g/mol. The van der Waals surface area contributed by atoms with Gasteiger partial charge in [-0.25, -0.2) is 0 Å². The van der Waals surface area contributed by atoms with Crippen LogP contribution in [0, 0.1) is 0 Å². The van der Waals surface area contributed by atoms with Crippen LogP contribution >= 0.6 is 0 Å². The van der Waals surface area contributed by atoms with Crippen LogP contribution in [0.1, 0.15) is 49.5 Å². The minimum Gasteiger partial charge on any atom is -0.257 e. The minimum atomic E-state index is 0.253. The quantitative estimate of drug-likeness (QED) is 0.813. The van der Waals surface area contributed by atoms with Crippen molar-refractivity contribution >= 4 is 0 Å². The van der Waals surface area contributed by atoms with E-state index in [2.05, 4.69) is 67.1 Å². The van der Waals surface area contributed by atoms with Gasteiger partial charge >= 0.3 is 0 Å². The van der Waals surface area contributed by atoms with Gasteiger partial charge in [-0.3, -0.25) is 9.97 Å². The molecule has 2 aromatic rings. The number of aryl methyl sites for hydroxylation is 2. The molecule has 0 amide bonds. The molecule has 18 heavy (non-hydrogen) atoms. The Balaban J connectivity index is 2.31. The number of hydrogen-bond acceptors (Lipinski definition) is 2. The maximum absolute atomic E-state index is 4.68. The van der Waals surface area contributed by atoms with Crippen molar-refractivity contribution in [3.63, 3.8) is 0 Å². The zero-order chi connectivity index (χ0) is 13.0. The van der Waals surface area contributed by atoms with Crippen molar-refractivity contribution < 1.29 is 0 Å². The van der Waals surface area contributed by atoms with Crippen molar-refractivity contribution in [1.29, 1.82) is 0 Å².